The highest BCUT2D eigenvalue weighted by Crippen LogP contribution is 2.00. The molecule has 0 aromatic heterocycles. The minimum atomic E-state index is -0.305. The Morgan fingerprint density at radius 3 is 2.88 bits per heavy atom. The third kappa shape index (κ3) is 4.47. The number of carbonyl (C=O) groups is 2. The van der Waals surface area contributed by atoms with Gasteiger partial charge in [-0.2, -0.15) is 0 Å². The van der Waals surface area contributed by atoms with Gasteiger partial charge in [0.25, 0.3) is 0 Å². The van der Waals surface area contributed by atoms with E-state index in [0.717, 1.165) is 6.42 Å². The molecule has 0 radical (unpaired) electrons. The van der Waals surface area contributed by atoms with E-state index in [-0.39, 0.29) is 17.9 Å². The summed E-state index contributed by atoms with van der Waals surface area (Å²) in [4.78, 5) is 22.2. The van der Waals surface area contributed by atoms with Gasteiger partial charge in [-0.15, -0.1) is 0 Å². The number of rotatable bonds is 7. The van der Waals surface area contributed by atoms with Crippen molar-refractivity contribution in [3.63, 3.8) is 0 Å². The van der Waals surface area contributed by atoms with Crippen molar-refractivity contribution in [2.24, 2.45) is 0 Å². The van der Waals surface area contributed by atoms with E-state index >= 15 is 0 Å². The van der Waals surface area contributed by atoms with Crippen LogP contribution in [0.5, 0.6) is 0 Å². The molecular formula is C12H20N2O2. The third-order valence-corrected chi connectivity index (χ3v) is 2.58. The van der Waals surface area contributed by atoms with E-state index in [4.69, 9.17) is 0 Å². The monoisotopic (exact) mass is 224 g/mol. The van der Waals surface area contributed by atoms with Crippen LogP contribution in [0.1, 0.15) is 39.0 Å². The SMILES string of the molecule is CCCCC/C=C/CC(=O)N[C@H]1CNC1=O. The van der Waals surface area contributed by atoms with Crippen LogP contribution in [0.25, 0.3) is 0 Å². The van der Waals surface area contributed by atoms with Gasteiger partial charge in [-0.25, -0.2) is 0 Å². The molecule has 0 aliphatic carbocycles. The average Bonchev–Trinajstić information content (AvgIpc) is 2.28. The van der Waals surface area contributed by atoms with E-state index in [9.17, 15) is 9.59 Å². The molecule has 0 saturated carbocycles. The molecule has 0 spiro atoms. The van der Waals surface area contributed by atoms with E-state index in [1.165, 1.54) is 19.3 Å². The molecule has 90 valence electrons. The van der Waals surface area contributed by atoms with Crippen molar-refractivity contribution in [2.75, 3.05) is 6.54 Å². The van der Waals surface area contributed by atoms with Crippen LogP contribution >= 0.6 is 0 Å². The van der Waals surface area contributed by atoms with Gasteiger partial charge in [-0.3, -0.25) is 9.59 Å². The first-order valence-electron chi connectivity index (χ1n) is 5.96. The molecule has 0 aromatic carbocycles. The van der Waals surface area contributed by atoms with E-state index in [2.05, 4.69) is 17.6 Å². The van der Waals surface area contributed by atoms with Gasteiger partial charge in [-0.1, -0.05) is 31.9 Å². The van der Waals surface area contributed by atoms with Gasteiger partial charge in [0, 0.05) is 13.0 Å². The number of hydrogen-bond donors (Lipinski definition) is 2. The predicted molar refractivity (Wildman–Crippen MR) is 62.8 cm³/mol. The first-order valence-corrected chi connectivity index (χ1v) is 5.96. The summed E-state index contributed by atoms with van der Waals surface area (Å²) in [6, 6.07) is -0.305. The highest BCUT2D eigenvalue weighted by molar-refractivity contribution is 5.92. The quantitative estimate of drug-likeness (QED) is 0.387. The molecule has 1 saturated heterocycles. The highest BCUT2D eigenvalue weighted by Gasteiger charge is 2.28. The van der Waals surface area contributed by atoms with E-state index < -0.39 is 0 Å². The minimum Gasteiger partial charge on any atom is -0.352 e. The fourth-order valence-electron chi connectivity index (χ4n) is 1.48. The lowest BCUT2D eigenvalue weighted by Crippen LogP contribution is -2.61. The molecule has 1 heterocycles. The van der Waals surface area contributed by atoms with Gasteiger partial charge in [0.1, 0.15) is 6.04 Å². The summed E-state index contributed by atoms with van der Waals surface area (Å²) in [6.45, 7) is 2.73. The zero-order chi connectivity index (χ0) is 11.8. The third-order valence-electron chi connectivity index (χ3n) is 2.58. The molecule has 16 heavy (non-hydrogen) atoms. The zero-order valence-electron chi connectivity index (χ0n) is 9.79. The maximum Gasteiger partial charge on any atom is 0.244 e. The molecule has 1 rings (SSSR count). The average molecular weight is 224 g/mol. The second-order valence-corrected chi connectivity index (χ2v) is 4.04. The number of amides is 2. The number of carbonyl (C=O) groups excluding carboxylic acids is 2. The number of unbranched alkanes of at least 4 members (excludes halogenated alkanes) is 3. The molecule has 1 fully saturated rings. The Labute approximate surface area is 96.5 Å². The molecule has 4 nitrogen and oxygen atoms in total. The lowest BCUT2D eigenvalue weighted by atomic mass is 10.1. The Hall–Kier alpha value is -1.32. The van der Waals surface area contributed by atoms with Crippen LogP contribution in [-0.2, 0) is 9.59 Å². The van der Waals surface area contributed by atoms with Crippen LogP contribution in [0.15, 0.2) is 12.2 Å². The number of allylic oxidation sites excluding steroid dienone is 1. The maximum atomic E-state index is 11.3. The topological polar surface area (TPSA) is 58.2 Å². The summed E-state index contributed by atoms with van der Waals surface area (Å²) in [6.07, 6.45) is 8.95. The largest absolute Gasteiger partial charge is 0.352 e. The summed E-state index contributed by atoms with van der Waals surface area (Å²) in [5.41, 5.74) is 0. The van der Waals surface area contributed by atoms with E-state index in [1.807, 2.05) is 12.2 Å². The van der Waals surface area contributed by atoms with Gasteiger partial charge in [0.2, 0.25) is 11.8 Å². The highest BCUT2D eigenvalue weighted by atomic mass is 16.2. The smallest absolute Gasteiger partial charge is 0.244 e. The lowest BCUT2D eigenvalue weighted by Gasteiger charge is -2.26. The summed E-state index contributed by atoms with van der Waals surface area (Å²) >= 11 is 0. The van der Waals surface area contributed by atoms with Crippen LogP contribution in [0.3, 0.4) is 0 Å². The minimum absolute atomic E-state index is 0.0772. The molecule has 0 aromatic rings. The Morgan fingerprint density at radius 1 is 1.50 bits per heavy atom. The molecule has 1 aliphatic rings. The Bertz CT molecular complexity index is 274. The van der Waals surface area contributed by atoms with Crippen molar-refractivity contribution in [3.05, 3.63) is 12.2 Å². The second-order valence-electron chi connectivity index (χ2n) is 4.04. The van der Waals surface area contributed by atoms with Crippen molar-refractivity contribution >= 4 is 11.8 Å². The number of hydrogen-bond acceptors (Lipinski definition) is 2. The van der Waals surface area contributed by atoms with Crippen LogP contribution in [0.2, 0.25) is 0 Å². The van der Waals surface area contributed by atoms with Crippen molar-refractivity contribution in [2.45, 2.75) is 45.1 Å². The molecule has 2 N–H and O–H groups in total. The summed E-state index contributed by atoms with van der Waals surface area (Å²) in [7, 11) is 0. The van der Waals surface area contributed by atoms with Crippen molar-refractivity contribution in [1.29, 1.82) is 0 Å². The van der Waals surface area contributed by atoms with Crippen LogP contribution in [0.4, 0.5) is 0 Å². The standard InChI is InChI=1S/C12H20N2O2/c1-2-3-4-5-6-7-8-11(15)14-10-9-13-12(10)16/h6-7,10H,2-5,8-9H2,1H3,(H,13,16)(H,14,15)/b7-6+/t10-/m0/s1. The Morgan fingerprint density at radius 2 is 2.31 bits per heavy atom. The van der Waals surface area contributed by atoms with Gasteiger partial charge in [0.15, 0.2) is 0 Å². The molecular weight excluding hydrogens is 204 g/mol. The van der Waals surface area contributed by atoms with Crippen LogP contribution in [-0.4, -0.2) is 24.4 Å². The van der Waals surface area contributed by atoms with Crippen molar-refractivity contribution < 1.29 is 9.59 Å². The molecule has 1 atom stereocenters. The maximum absolute atomic E-state index is 11.3. The van der Waals surface area contributed by atoms with Crippen LogP contribution in [0, 0.1) is 0 Å². The summed E-state index contributed by atoms with van der Waals surface area (Å²) < 4.78 is 0. The first-order chi connectivity index (χ1) is 7.74. The van der Waals surface area contributed by atoms with Crippen molar-refractivity contribution in [3.8, 4) is 0 Å². The normalized spacial score (nSPS) is 19.3. The van der Waals surface area contributed by atoms with Gasteiger partial charge in [-0.05, 0) is 12.8 Å². The molecule has 4 heteroatoms. The summed E-state index contributed by atoms with van der Waals surface area (Å²) in [5, 5.41) is 5.25. The summed E-state index contributed by atoms with van der Waals surface area (Å²) in [5.74, 6) is -0.160. The second kappa shape index (κ2) is 7.04. The predicted octanol–water partition coefficient (Wildman–Crippen LogP) is 1.13. The van der Waals surface area contributed by atoms with Crippen molar-refractivity contribution in [1.82, 2.24) is 10.6 Å². The van der Waals surface area contributed by atoms with E-state index in [1.54, 1.807) is 0 Å². The first kappa shape index (κ1) is 12.7. The fraction of sp³-hybridized carbons (Fsp3) is 0.667. The van der Waals surface area contributed by atoms with Gasteiger partial charge < -0.3 is 10.6 Å². The van der Waals surface area contributed by atoms with Gasteiger partial charge >= 0.3 is 0 Å². The zero-order valence-corrected chi connectivity index (χ0v) is 9.79. The number of nitrogens with one attached hydrogen (secondary N) is 2. The molecule has 2 amide bonds. The molecule has 0 unspecified atom stereocenters. The Kier molecular flexibility index (Phi) is 5.61. The Balaban J connectivity index is 2.03. The van der Waals surface area contributed by atoms with Crippen LogP contribution < -0.4 is 10.6 Å². The molecule has 1 aliphatic heterocycles. The fourth-order valence-corrected chi connectivity index (χ4v) is 1.48. The number of β-lactam (4-membered cyclic amide) rings is 1. The lowest BCUT2D eigenvalue weighted by molar-refractivity contribution is -0.133. The van der Waals surface area contributed by atoms with E-state index in [0.29, 0.717) is 13.0 Å². The van der Waals surface area contributed by atoms with Gasteiger partial charge in [0.05, 0.1) is 0 Å². The molecule has 0 bridgehead atoms.